The first-order chi connectivity index (χ1) is 16.5. The fourth-order valence-electron chi connectivity index (χ4n) is 3.86. The Balaban J connectivity index is 1.36. The predicted molar refractivity (Wildman–Crippen MR) is 142 cm³/mol. The minimum absolute atomic E-state index is 0.0776. The van der Waals surface area contributed by atoms with Gasteiger partial charge in [0, 0.05) is 23.5 Å². The van der Waals surface area contributed by atoms with Crippen molar-refractivity contribution in [3.63, 3.8) is 0 Å². The van der Waals surface area contributed by atoms with Gasteiger partial charge in [-0.2, -0.15) is 0 Å². The highest BCUT2D eigenvalue weighted by Crippen LogP contribution is 2.20. The molecule has 0 heterocycles. The molecule has 0 saturated heterocycles. The van der Waals surface area contributed by atoms with Crippen molar-refractivity contribution >= 4 is 51.3 Å². The van der Waals surface area contributed by atoms with Crippen LogP contribution in [-0.4, -0.2) is 23.5 Å². The number of amides is 2. The molecule has 6 heteroatoms. The van der Waals surface area contributed by atoms with Gasteiger partial charge in [0.2, 0.25) is 5.91 Å². The lowest BCUT2D eigenvalue weighted by atomic mass is 10.0. The second-order valence-corrected chi connectivity index (χ2v) is 8.19. The van der Waals surface area contributed by atoms with E-state index in [1.165, 1.54) is 0 Å². The standard InChI is InChI=1S/C28H25N3O2S/c1-2-31(24-12-4-3-5-13-24)27(33)21-15-17-23(18-16-21)29-28(34)30-26(32)19-22-11-8-10-20-9-6-7-14-25(20)22/h3-18H,2,19H2,1H3,(H2,29,30,32,34). The minimum atomic E-state index is -0.193. The Morgan fingerprint density at radius 3 is 2.24 bits per heavy atom. The molecule has 0 unspecified atom stereocenters. The molecule has 4 aromatic rings. The molecular weight excluding hydrogens is 442 g/mol. The van der Waals surface area contributed by atoms with E-state index in [1.54, 1.807) is 29.2 Å². The van der Waals surface area contributed by atoms with Gasteiger partial charge in [0.25, 0.3) is 5.91 Å². The number of hydrogen-bond acceptors (Lipinski definition) is 3. The second kappa shape index (κ2) is 10.7. The fraction of sp³-hybridized carbons (Fsp3) is 0.107. The van der Waals surface area contributed by atoms with E-state index in [9.17, 15) is 9.59 Å². The van der Waals surface area contributed by atoms with Crippen LogP contribution in [0.3, 0.4) is 0 Å². The Kier molecular flexibility index (Phi) is 7.30. The molecule has 34 heavy (non-hydrogen) atoms. The summed E-state index contributed by atoms with van der Waals surface area (Å²) in [5.74, 6) is -0.270. The summed E-state index contributed by atoms with van der Waals surface area (Å²) in [6, 6.07) is 30.5. The molecule has 4 aromatic carbocycles. The van der Waals surface area contributed by atoms with Crippen LogP contribution in [0.25, 0.3) is 10.8 Å². The van der Waals surface area contributed by atoms with Gasteiger partial charge in [0.1, 0.15) is 0 Å². The molecule has 0 aromatic heterocycles. The summed E-state index contributed by atoms with van der Waals surface area (Å²) < 4.78 is 0. The normalized spacial score (nSPS) is 10.5. The lowest BCUT2D eigenvalue weighted by Crippen LogP contribution is -2.35. The number of carbonyl (C=O) groups excluding carboxylic acids is 2. The maximum Gasteiger partial charge on any atom is 0.258 e. The van der Waals surface area contributed by atoms with Crippen molar-refractivity contribution in [1.29, 1.82) is 0 Å². The van der Waals surface area contributed by atoms with E-state index >= 15 is 0 Å². The van der Waals surface area contributed by atoms with Crippen LogP contribution in [-0.2, 0) is 11.2 Å². The third kappa shape index (κ3) is 5.47. The van der Waals surface area contributed by atoms with Crippen molar-refractivity contribution in [2.75, 3.05) is 16.8 Å². The summed E-state index contributed by atoms with van der Waals surface area (Å²) in [7, 11) is 0. The number of carbonyl (C=O) groups is 2. The fourth-order valence-corrected chi connectivity index (χ4v) is 4.09. The van der Waals surface area contributed by atoms with Gasteiger partial charge < -0.3 is 15.5 Å². The zero-order valence-corrected chi connectivity index (χ0v) is 19.6. The molecule has 2 N–H and O–H groups in total. The van der Waals surface area contributed by atoms with E-state index in [-0.39, 0.29) is 23.3 Å². The predicted octanol–water partition coefficient (Wildman–Crippen LogP) is 5.56. The number of benzene rings is 4. The average molecular weight is 468 g/mol. The van der Waals surface area contributed by atoms with Crippen LogP contribution >= 0.6 is 12.2 Å². The SMILES string of the molecule is CCN(C(=O)c1ccc(NC(=S)NC(=O)Cc2cccc3ccccc23)cc1)c1ccccc1. The van der Waals surface area contributed by atoms with E-state index in [2.05, 4.69) is 10.6 Å². The molecular formula is C28H25N3O2S. The van der Waals surface area contributed by atoms with Crippen LogP contribution in [0, 0.1) is 0 Å². The Labute approximate surface area is 204 Å². The maximum absolute atomic E-state index is 12.9. The average Bonchev–Trinajstić information content (AvgIpc) is 2.85. The quantitative estimate of drug-likeness (QED) is 0.364. The first kappa shape index (κ1) is 23.1. The van der Waals surface area contributed by atoms with Gasteiger partial charge in [0.05, 0.1) is 6.42 Å². The summed E-state index contributed by atoms with van der Waals surface area (Å²) in [4.78, 5) is 27.2. The number of anilines is 2. The van der Waals surface area contributed by atoms with Crippen LogP contribution in [0.5, 0.6) is 0 Å². The van der Waals surface area contributed by atoms with E-state index in [1.807, 2.05) is 79.7 Å². The Morgan fingerprint density at radius 2 is 1.50 bits per heavy atom. The summed E-state index contributed by atoms with van der Waals surface area (Å²) in [6.07, 6.45) is 0.225. The maximum atomic E-state index is 12.9. The summed E-state index contributed by atoms with van der Waals surface area (Å²) in [5, 5.41) is 8.10. The van der Waals surface area contributed by atoms with Gasteiger partial charge in [-0.25, -0.2) is 0 Å². The Hall–Kier alpha value is -4.03. The number of rotatable bonds is 6. The van der Waals surface area contributed by atoms with Crippen LogP contribution in [0.2, 0.25) is 0 Å². The van der Waals surface area contributed by atoms with Gasteiger partial charge in [-0.15, -0.1) is 0 Å². The summed E-state index contributed by atoms with van der Waals surface area (Å²) in [5.41, 5.74) is 3.06. The molecule has 170 valence electrons. The topological polar surface area (TPSA) is 61.4 Å². The van der Waals surface area contributed by atoms with E-state index in [0.29, 0.717) is 17.8 Å². The van der Waals surface area contributed by atoms with Crippen molar-refractivity contribution in [2.45, 2.75) is 13.3 Å². The highest BCUT2D eigenvalue weighted by molar-refractivity contribution is 7.80. The van der Waals surface area contributed by atoms with Gasteiger partial charge in [-0.1, -0.05) is 60.7 Å². The van der Waals surface area contributed by atoms with Gasteiger partial charge in [-0.3, -0.25) is 9.59 Å². The largest absolute Gasteiger partial charge is 0.332 e. The second-order valence-electron chi connectivity index (χ2n) is 7.78. The highest BCUT2D eigenvalue weighted by Gasteiger charge is 2.16. The Morgan fingerprint density at radius 1 is 0.824 bits per heavy atom. The molecule has 0 aliphatic carbocycles. The summed E-state index contributed by atoms with van der Waals surface area (Å²) in [6.45, 7) is 2.51. The molecule has 0 fully saturated rings. The monoisotopic (exact) mass is 467 g/mol. The molecule has 4 rings (SSSR count). The number of hydrogen-bond donors (Lipinski definition) is 2. The third-order valence-electron chi connectivity index (χ3n) is 5.50. The molecule has 2 amide bonds. The van der Waals surface area contributed by atoms with E-state index in [0.717, 1.165) is 22.0 Å². The van der Waals surface area contributed by atoms with Crippen LogP contribution < -0.4 is 15.5 Å². The lowest BCUT2D eigenvalue weighted by molar-refractivity contribution is -0.119. The van der Waals surface area contributed by atoms with Crippen LogP contribution in [0.4, 0.5) is 11.4 Å². The van der Waals surface area contributed by atoms with Crippen molar-refractivity contribution in [3.05, 3.63) is 108 Å². The molecule has 0 saturated carbocycles. The lowest BCUT2D eigenvalue weighted by Gasteiger charge is -2.21. The van der Waals surface area contributed by atoms with Crippen LogP contribution in [0.1, 0.15) is 22.8 Å². The molecule has 0 aliphatic heterocycles. The van der Waals surface area contributed by atoms with Crippen LogP contribution in [0.15, 0.2) is 97.1 Å². The van der Waals surface area contributed by atoms with E-state index < -0.39 is 0 Å². The van der Waals surface area contributed by atoms with Crippen molar-refractivity contribution in [2.24, 2.45) is 0 Å². The molecule has 0 bridgehead atoms. The first-order valence-corrected chi connectivity index (χ1v) is 11.5. The zero-order chi connectivity index (χ0) is 23.9. The molecule has 0 aliphatic rings. The van der Waals surface area contributed by atoms with E-state index in [4.69, 9.17) is 12.2 Å². The van der Waals surface area contributed by atoms with Gasteiger partial charge in [0.15, 0.2) is 5.11 Å². The minimum Gasteiger partial charge on any atom is -0.332 e. The zero-order valence-electron chi connectivity index (χ0n) is 18.8. The molecule has 0 atom stereocenters. The number of nitrogens with one attached hydrogen (secondary N) is 2. The number of fused-ring (bicyclic) bond motifs is 1. The summed E-state index contributed by atoms with van der Waals surface area (Å²) >= 11 is 5.31. The molecule has 5 nitrogen and oxygen atoms in total. The number of para-hydroxylation sites is 1. The van der Waals surface area contributed by atoms with Crippen molar-refractivity contribution in [3.8, 4) is 0 Å². The highest BCUT2D eigenvalue weighted by atomic mass is 32.1. The first-order valence-electron chi connectivity index (χ1n) is 11.1. The van der Waals surface area contributed by atoms with Crippen molar-refractivity contribution in [1.82, 2.24) is 5.32 Å². The molecule has 0 radical (unpaired) electrons. The smallest absolute Gasteiger partial charge is 0.258 e. The Bertz CT molecular complexity index is 1320. The molecule has 0 spiro atoms. The number of thiocarbonyl (C=S) groups is 1. The van der Waals surface area contributed by atoms with Gasteiger partial charge in [-0.05, 0) is 71.9 Å². The number of nitrogens with zero attached hydrogens (tertiary/aromatic N) is 1. The van der Waals surface area contributed by atoms with Crippen molar-refractivity contribution < 1.29 is 9.59 Å². The van der Waals surface area contributed by atoms with Gasteiger partial charge >= 0.3 is 0 Å². The third-order valence-corrected chi connectivity index (χ3v) is 5.71.